The first-order chi connectivity index (χ1) is 7.79. The van der Waals surface area contributed by atoms with E-state index in [4.69, 9.17) is 9.47 Å². The predicted molar refractivity (Wildman–Crippen MR) is 62.7 cm³/mol. The molecule has 2 atom stereocenters. The Bertz CT molecular complexity index is 326. The molecule has 16 heavy (non-hydrogen) atoms. The third-order valence-corrected chi connectivity index (χ3v) is 3.30. The Hall–Kier alpha value is -0.720. The summed E-state index contributed by atoms with van der Waals surface area (Å²) in [6, 6.07) is 0.283. The summed E-state index contributed by atoms with van der Waals surface area (Å²) in [6.45, 7) is 3.46. The Morgan fingerprint density at radius 3 is 3.25 bits per heavy atom. The van der Waals surface area contributed by atoms with Crippen molar-refractivity contribution < 1.29 is 9.47 Å². The number of ether oxygens (including phenoxy) is 2. The normalized spacial score (nSPS) is 22.2. The van der Waals surface area contributed by atoms with Gasteiger partial charge in [0.1, 0.15) is 6.61 Å². The van der Waals surface area contributed by atoms with Crippen LogP contribution < -0.4 is 5.32 Å². The number of nitrogens with one attached hydrogen (secondary N) is 1. The molecule has 6 heteroatoms. The van der Waals surface area contributed by atoms with Gasteiger partial charge in [0.05, 0.1) is 12.1 Å². The fourth-order valence-electron chi connectivity index (χ4n) is 1.78. The minimum atomic E-state index is 0.283. The van der Waals surface area contributed by atoms with Crippen molar-refractivity contribution in [3.63, 3.8) is 0 Å². The maximum atomic E-state index is 5.61. The van der Waals surface area contributed by atoms with Crippen LogP contribution in [0.1, 0.15) is 25.6 Å². The summed E-state index contributed by atoms with van der Waals surface area (Å²) >= 11 is 1.37. The van der Waals surface area contributed by atoms with Gasteiger partial charge in [-0.1, -0.05) is 0 Å². The first kappa shape index (κ1) is 11.8. The first-order valence-corrected chi connectivity index (χ1v) is 6.26. The molecule has 5 nitrogen and oxygen atoms in total. The molecule has 1 aromatic heterocycles. The fraction of sp³-hybridized carbons (Fsp3) is 0.800. The molecule has 1 N–H and O–H groups in total. The Kier molecular flexibility index (Phi) is 4.09. The van der Waals surface area contributed by atoms with Crippen LogP contribution in [0.25, 0.3) is 0 Å². The third-order valence-electron chi connectivity index (χ3n) is 2.62. The summed E-state index contributed by atoms with van der Waals surface area (Å²) in [4.78, 5) is 4.33. The van der Waals surface area contributed by atoms with Crippen LogP contribution in [-0.2, 0) is 16.1 Å². The van der Waals surface area contributed by atoms with Gasteiger partial charge in [-0.05, 0) is 19.8 Å². The molecule has 90 valence electrons. The molecule has 0 bridgehead atoms. The zero-order chi connectivity index (χ0) is 11.4. The van der Waals surface area contributed by atoms with E-state index in [1.54, 1.807) is 7.11 Å². The first-order valence-electron chi connectivity index (χ1n) is 5.49. The number of hydrogen-bond donors (Lipinski definition) is 1. The summed E-state index contributed by atoms with van der Waals surface area (Å²) in [6.07, 6.45) is 2.58. The van der Waals surface area contributed by atoms with E-state index in [0.29, 0.717) is 12.7 Å². The van der Waals surface area contributed by atoms with Crippen molar-refractivity contribution in [1.82, 2.24) is 9.36 Å². The Balaban J connectivity index is 1.87. The Morgan fingerprint density at radius 1 is 1.69 bits per heavy atom. The maximum Gasteiger partial charge on any atom is 0.202 e. The number of nitrogens with zero attached hydrogens (tertiary/aromatic N) is 2. The van der Waals surface area contributed by atoms with E-state index >= 15 is 0 Å². The maximum absolute atomic E-state index is 5.61. The van der Waals surface area contributed by atoms with Gasteiger partial charge < -0.3 is 14.8 Å². The van der Waals surface area contributed by atoms with Crippen molar-refractivity contribution in [3.05, 3.63) is 5.82 Å². The van der Waals surface area contributed by atoms with Crippen molar-refractivity contribution in [2.24, 2.45) is 0 Å². The average Bonchev–Trinajstić information content (AvgIpc) is 2.89. The van der Waals surface area contributed by atoms with Gasteiger partial charge in [0.15, 0.2) is 5.82 Å². The van der Waals surface area contributed by atoms with Crippen molar-refractivity contribution >= 4 is 16.7 Å². The highest BCUT2D eigenvalue weighted by atomic mass is 32.1. The highest BCUT2D eigenvalue weighted by Crippen LogP contribution is 2.20. The summed E-state index contributed by atoms with van der Waals surface area (Å²) in [7, 11) is 1.64. The van der Waals surface area contributed by atoms with Gasteiger partial charge in [0.2, 0.25) is 5.13 Å². The molecular formula is C10H17N3O2S. The SMILES string of the molecule is COCc1nsc(N[C@@H](C)[C@@H]2CCCO2)n1. The standard InChI is InChI=1S/C10H17N3O2S/c1-7(8-4-3-5-15-8)11-10-12-9(6-14-2)13-16-10/h7-8H,3-6H2,1-2H3,(H,11,12,13)/t7-,8-/m0/s1. The molecule has 0 spiro atoms. The number of hydrogen-bond acceptors (Lipinski definition) is 6. The molecule has 0 unspecified atom stereocenters. The molecule has 0 aromatic carbocycles. The minimum absolute atomic E-state index is 0.283. The predicted octanol–water partition coefficient (Wildman–Crippen LogP) is 1.66. The van der Waals surface area contributed by atoms with E-state index in [0.717, 1.165) is 30.4 Å². The van der Waals surface area contributed by atoms with Gasteiger partial charge in [-0.3, -0.25) is 0 Å². The van der Waals surface area contributed by atoms with Gasteiger partial charge in [0.25, 0.3) is 0 Å². The Morgan fingerprint density at radius 2 is 2.56 bits per heavy atom. The van der Waals surface area contributed by atoms with Crippen LogP contribution in [0, 0.1) is 0 Å². The van der Waals surface area contributed by atoms with Gasteiger partial charge >= 0.3 is 0 Å². The molecule has 0 saturated carbocycles. The van der Waals surface area contributed by atoms with E-state index in [1.807, 2.05) is 0 Å². The average molecular weight is 243 g/mol. The van der Waals surface area contributed by atoms with Crippen molar-refractivity contribution in [3.8, 4) is 0 Å². The molecule has 2 heterocycles. The molecule has 0 radical (unpaired) electrons. The Labute approximate surface area is 99.3 Å². The van der Waals surface area contributed by atoms with Crippen LogP contribution in [0.2, 0.25) is 0 Å². The minimum Gasteiger partial charge on any atom is -0.377 e. The monoisotopic (exact) mass is 243 g/mol. The van der Waals surface area contributed by atoms with Gasteiger partial charge in [-0.2, -0.15) is 4.37 Å². The smallest absolute Gasteiger partial charge is 0.202 e. The van der Waals surface area contributed by atoms with Gasteiger partial charge in [-0.25, -0.2) is 4.98 Å². The topological polar surface area (TPSA) is 56.3 Å². The molecule has 2 rings (SSSR count). The molecule has 0 amide bonds. The number of aromatic nitrogens is 2. The van der Waals surface area contributed by atoms with Crippen molar-refractivity contribution in [2.45, 2.75) is 38.5 Å². The molecular weight excluding hydrogens is 226 g/mol. The zero-order valence-electron chi connectivity index (χ0n) is 9.60. The molecule has 0 aliphatic carbocycles. The molecule has 1 fully saturated rings. The zero-order valence-corrected chi connectivity index (χ0v) is 10.4. The van der Waals surface area contributed by atoms with Crippen molar-refractivity contribution in [1.29, 1.82) is 0 Å². The molecule has 1 saturated heterocycles. The second kappa shape index (κ2) is 5.56. The summed E-state index contributed by atoms with van der Waals surface area (Å²) in [5.74, 6) is 0.731. The molecule has 1 aromatic rings. The summed E-state index contributed by atoms with van der Waals surface area (Å²) in [5.41, 5.74) is 0. The van der Waals surface area contributed by atoms with Crippen LogP contribution in [0.3, 0.4) is 0 Å². The van der Waals surface area contributed by atoms with Crippen LogP contribution >= 0.6 is 11.5 Å². The lowest BCUT2D eigenvalue weighted by Crippen LogP contribution is -2.29. The third kappa shape index (κ3) is 2.90. The second-order valence-corrected chi connectivity index (χ2v) is 4.69. The van der Waals surface area contributed by atoms with Crippen LogP contribution in [-0.4, -0.2) is 35.2 Å². The lowest BCUT2D eigenvalue weighted by Gasteiger charge is -2.18. The van der Waals surface area contributed by atoms with Crippen LogP contribution in [0.4, 0.5) is 5.13 Å². The largest absolute Gasteiger partial charge is 0.377 e. The second-order valence-electron chi connectivity index (χ2n) is 3.93. The van der Waals surface area contributed by atoms with Gasteiger partial charge in [0, 0.05) is 25.2 Å². The van der Waals surface area contributed by atoms with Crippen molar-refractivity contribution in [2.75, 3.05) is 19.0 Å². The lowest BCUT2D eigenvalue weighted by molar-refractivity contribution is 0.0996. The van der Waals surface area contributed by atoms with E-state index in [1.165, 1.54) is 11.5 Å². The highest BCUT2D eigenvalue weighted by Gasteiger charge is 2.22. The van der Waals surface area contributed by atoms with Crippen LogP contribution in [0.15, 0.2) is 0 Å². The van der Waals surface area contributed by atoms with E-state index in [9.17, 15) is 0 Å². The molecule has 1 aliphatic rings. The van der Waals surface area contributed by atoms with Crippen LogP contribution in [0.5, 0.6) is 0 Å². The number of methoxy groups -OCH3 is 1. The van der Waals surface area contributed by atoms with Gasteiger partial charge in [-0.15, -0.1) is 0 Å². The summed E-state index contributed by atoms with van der Waals surface area (Å²) < 4.78 is 14.8. The summed E-state index contributed by atoms with van der Waals surface area (Å²) in [5, 5.41) is 4.17. The fourth-order valence-corrected chi connectivity index (χ4v) is 2.46. The van der Waals surface area contributed by atoms with E-state index < -0.39 is 0 Å². The molecule has 1 aliphatic heterocycles. The number of rotatable bonds is 5. The number of anilines is 1. The van der Waals surface area contributed by atoms with E-state index in [2.05, 4.69) is 21.6 Å². The highest BCUT2D eigenvalue weighted by molar-refractivity contribution is 7.09. The van der Waals surface area contributed by atoms with E-state index in [-0.39, 0.29) is 6.04 Å². The lowest BCUT2D eigenvalue weighted by atomic mass is 10.1. The quantitative estimate of drug-likeness (QED) is 0.852.